The molecular formula is C23H25FN4O3S. The average molecular weight is 457 g/mol. The van der Waals surface area contributed by atoms with Gasteiger partial charge in [0.25, 0.3) is 0 Å². The van der Waals surface area contributed by atoms with Crippen molar-refractivity contribution in [1.82, 2.24) is 19.2 Å². The molecule has 32 heavy (non-hydrogen) atoms. The van der Waals surface area contributed by atoms with Crippen molar-refractivity contribution in [3.8, 4) is 5.69 Å². The standard InChI is InChI=1S/C23H25FN4O3S/c1-17(18-4-8-21(9-5-18)27-14-12-25-16-27)26-23(29)19-3-2-13-28(15-19)32(30,31)22-10-6-20(24)7-11-22/h4-12,14,16-17,19H,2-3,13,15H2,1H3,(H,26,29)/t17-,19-/m1/s1. The van der Waals surface area contributed by atoms with Crippen LogP contribution in [0.2, 0.25) is 0 Å². The summed E-state index contributed by atoms with van der Waals surface area (Å²) in [6, 6.07) is 12.4. The lowest BCUT2D eigenvalue weighted by Crippen LogP contribution is -2.45. The summed E-state index contributed by atoms with van der Waals surface area (Å²) in [6.07, 6.45) is 6.49. The van der Waals surface area contributed by atoms with E-state index < -0.39 is 21.8 Å². The summed E-state index contributed by atoms with van der Waals surface area (Å²) in [7, 11) is -3.77. The molecule has 1 amide bonds. The highest BCUT2D eigenvalue weighted by molar-refractivity contribution is 7.89. The van der Waals surface area contributed by atoms with Crippen LogP contribution in [0.5, 0.6) is 0 Å². The fourth-order valence-electron chi connectivity index (χ4n) is 3.89. The molecule has 1 saturated heterocycles. The molecule has 1 fully saturated rings. The summed E-state index contributed by atoms with van der Waals surface area (Å²) in [5.41, 5.74) is 1.92. The fraction of sp³-hybridized carbons (Fsp3) is 0.304. The molecule has 9 heteroatoms. The second-order valence-corrected chi connectivity index (χ2v) is 9.89. The van der Waals surface area contributed by atoms with Crippen molar-refractivity contribution in [2.24, 2.45) is 5.92 Å². The van der Waals surface area contributed by atoms with Gasteiger partial charge in [-0.2, -0.15) is 4.31 Å². The molecule has 1 aliphatic heterocycles. The third kappa shape index (κ3) is 4.73. The number of benzene rings is 2. The molecular weight excluding hydrogens is 431 g/mol. The maximum atomic E-state index is 13.2. The second kappa shape index (κ2) is 9.22. The van der Waals surface area contributed by atoms with E-state index in [9.17, 15) is 17.6 Å². The van der Waals surface area contributed by atoms with Crippen molar-refractivity contribution < 1.29 is 17.6 Å². The number of hydrogen-bond acceptors (Lipinski definition) is 4. The third-order valence-corrected chi connectivity index (χ3v) is 7.64. The monoisotopic (exact) mass is 456 g/mol. The minimum atomic E-state index is -3.77. The first-order valence-electron chi connectivity index (χ1n) is 10.5. The lowest BCUT2D eigenvalue weighted by atomic mass is 9.98. The first-order chi connectivity index (χ1) is 15.3. The third-order valence-electron chi connectivity index (χ3n) is 5.76. The Morgan fingerprint density at radius 2 is 1.88 bits per heavy atom. The van der Waals surface area contributed by atoms with E-state index in [1.165, 1.54) is 16.4 Å². The Balaban J connectivity index is 1.40. The highest BCUT2D eigenvalue weighted by Gasteiger charge is 2.33. The summed E-state index contributed by atoms with van der Waals surface area (Å²) < 4.78 is 42.2. The summed E-state index contributed by atoms with van der Waals surface area (Å²) >= 11 is 0. The quantitative estimate of drug-likeness (QED) is 0.617. The highest BCUT2D eigenvalue weighted by atomic mass is 32.2. The largest absolute Gasteiger partial charge is 0.349 e. The number of aromatic nitrogens is 2. The van der Waals surface area contributed by atoms with E-state index in [4.69, 9.17) is 0 Å². The Hall–Kier alpha value is -3.04. The molecule has 2 aromatic carbocycles. The molecule has 1 aliphatic rings. The molecule has 0 radical (unpaired) electrons. The molecule has 0 aliphatic carbocycles. The first kappa shape index (κ1) is 22.2. The fourth-order valence-corrected chi connectivity index (χ4v) is 5.42. The number of rotatable bonds is 6. The zero-order valence-electron chi connectivity index (χ0n) is 17.7. The number of amides is 1. The van der Waals surface area contributed by atoms with Gasteiger partial charge >= 0.3 is 0 Å². The topological polar surface area (TPSA) is 84.3 Å². The zero-order chi connectivity index (χ0) is 22.7. The van der Waals surface area contributed by atoms with Crippen molar-refractivity contribution in [3.05, 3.63) is 78.6 Å². The van der Waals surface area contributed by atoms with Crippen LogP contribution >= 0.6 is 0 Å². The number of sulfonamides is 1. The number of piperidine rings is 1. The molecule has 4 rings (SSSR count). The maximum absolute atomic E-state index is 13.2. The van der Waals surface area contributed by atoms with E-state index in [-0.39, 0.29) is 23.4 Å². The summed E-state index contributed by atoms with van der Waals surface area (Å²) in [5, 5.41) is 3.01. The highest BCUT2D eigenvalue weighted by Crippen LogP contribution is 2.25. The van der Waals surface area contributed by atoms with Crippen LogP contribution in [0.4, 0.5) is 4.39 Å². The van der Waals surface area contributed by atoms with E-state index in [2.05, 4.69) is 10.3 Å². The molecule has 0 saturated carbocycles. The van der Waals surface area contributed by atoms with Gasteiger partial charge in [0.2, 0.25) is 15.9 Å². The van der Waals surface area contributed by atoms with Gasteiger partial charge in [-0.1, -0.05) is 12.1 Å². The minimum absolute atomic E-state index is 0.0336. The van der Waals surface area contributed by atoms with Gasteiger partial charge in [-0.05, 0) is 61.7 Å². The van der Waals surface area contributed by atoms with Crippen molar-refractivity contribution >= 4 is 15.9 Å². The molecule has 3 aromatic rings. The van der Waals surface area contributed by atoms with Gasteiger partial charge in [0.1, 0.15) is 5.82 Å². The SMILES string of the molecule is C[C@@H](NC(=O)[C@@H]1CCCN(S(=O)(=O)c2ccc(F)cc2)C1)c1ccc(-n2ccnc2)cc1. The smallest absolute Gasteiger partial charge is 0.243 e. The van der Waals surface area contributed by atoms with E-state index in [1.54, 1.807) is 12.5 Å². The van der Waals surface area contributed by atoms with Crippen molar-refractivity contribution in [1.29, 1.82) is 0 Å². The summed E-state index contributed by atoms with van der Waals surface area (Å²) in [5.74, 6) is -1.10. The van der Waals surface area contributed by atoms with Gasteiger partial charge in [0.15, 0.2) is 0 Å². The van der Waals surface area contributed by atoms with Crippen molar-refractivity contribution in [3.63, 3.8) is 0 Å². The number of hydrogen-bond donors (Lipinski definition) is 1. The number of carbonyl (C=O) groups excluding carboxylic acids is 1. The Kier molecular flexibility index (Phi) is 6.38. The van der Waals surface area contributed by atoms with Crippen LogP contribution in [0, 0.1) is 11.7 Å². The number of nitrogens with zero attached hydrogens (tertiary/aromatic N) is 3. The van der Waals surface area contributed by atoms with E-state index in [0.29, 0.717) is 19.4 Å². The summed E-state index contributed by atoms with van der Waals surface area (Å²) in [4.78, 5) is 17.0. The molecule has 1 aromatic heterocycles. The second-order valence-electron chi connectivity index (χ2n) is 7.95. The van der Waals surface area contributed by atoms with Crippen LogP contribution in [0.25, 0.3) is 5.69 Å². The van der Waals surface area contributed by atoms with E-state index in [0.717, 1.165) is 23.4 Å². The van der Waals surface area contributed by atoms with Gasteiger partial charge in [-0.25, -0.2) is 17.8 Å². The van der Waals surface area contributed by atoms with Gasteiger partial charge < -0.3 is 9.88 Å². The number of halogens is 1. The van der Waals surface area contributed by atoms with Gasteiger partial charge in [0, 0.05) is 31.2 Å². The van der Waals surface area contributed by atoms with Crippen LogP contribution < -0.4 is 5.32 Å². The number of carbonyl (C=O) groups is 1. The normalized spacial score (nSPS) is 18.2. The lowest BCUT2D eigenvalue weighted by Gasteiger charge is -2.32. The average Bonchev–Trinajstić information content (AvgIpc) is 3.34. The number of nitrogens with one attached hydrogen (secondary N) is 1. The van der Waals surface area contributed by atoms with Gasteiger partial charge in [0.05, 0.1) is 23.2 Å². The Labute approximate surface area is 186 Å². The number of imidazole rings is 1. The first-order valence-corrected chi connectivity index (χ1v) is 11.9. The van der Waals surface area contributed by atoms with Gasteiger partial charge in [-0.3, -0.25) is 4.79 Å². The molecule has 2 heterocycles. The van der Waals surface area contributed by atoms with Crippen molar-refractivity contribution in [2.75, 3.05) is 13.1 Å². The van der Waals surface area contributed by atoms with Crippen molar-refractivity contribution in [2.45, 2.75) is 30.7 Å². The molecule has 0 spiro atoms. The van der Waals surface area contributed by atoms with Crippen LogP contribution in [-0.4, -0.2) is 41.3 Å². The molecule has 2 atom stereocenters. The summed E-state index contributed by atoms with van der Waals surface area (Å²) in [6.45, 7) is 2.35. The molecule has 0 unspecified atom stereocenters. The minimum Gasteiger partial charge on any atom is -0.349 e. The van der Waals surface area contributed by atoms with Crippen LogP contribution in [0.3, 0.4) is 0 Å². The predicted molar refractivity (Wildman–Crippen MR) is 118 cm³/mol. The predicted octanol–water partition coefficient (Wildman–Crippen LogP) is 3.29. The van der Waals surface area contributed by atoms with Crippen LogP contribution in [0.1, 0.15) is 31.4 Å². The van der Waals surface area contributed by atoms with Gasteiger partial charge in [-0.15, -0.1) is 0 Å². The Morgan fingerprint density at radius 1 is 1.16 bits per heavy atom. The Morgan fingerprint density at radius 3 is 2.53 bits per heavy atom. The molecule has 168 valence electrons. The zero-order valence-corrected chi connectivity index (χ0v) is 18.5. The van der Waals surface area contributed by atoms with Crippen LogP contribution in [-0.2, 0) is 14.8 Å². The molecule has 0 bridgehead atoms. The Bertz CT molecular complexity index is 1160. The molecule has 1 N–H and O–H groups in total. The lowest BCUT2D eigenvalue weighted by molar-refractivity contribution is -0.126. The van der Waals surface area contributed by atoms with Crippen LogP contribution in [0.15, 0.2) is 72.1 Å². The van der Waals surface area contributed by atoms with E-state index in [1.807, 2.05) is 42.0 Å². The van der Waals surface area contributed by atoms with E-state index >= 15 is 0 Å². The maximum Gasteiger partial charge on any atom is 0.243 e. The molecule has 7 nitrogen and oxygen atoms in total.